The largest absolute Gasteiger partial charge is 0.299 e. The fourth-order valence-corrected chi connectivity index (χ4v) is 2.56. The zero-order chi connectivity index (χ0) is 15.9. The molecule has 2 aromatic rings. The van der Waals surface area contributed by atoms with Gasteiger partial charge < -0.3 is 0 Å². The molecule has 2 unspecified atom stereocenters. The third kappa shape index (κ3) is 4.25. The topological polar surface area (TPSA) is 60.2 Å². The Morgan fingerprint density at radius 3 is 2.14 bits per heavy atom. The second-order valence-electron chi connectivity index (χ2n) is 5.45. The van der Waals surface area contributed by atoms with Crippen LogP contribution in [-0.4, -0.2) is 16.7 Å². The van der Waals surface area contributed by atoms with E-state index in [2.05, 4.69) is 0 Å². The molecule has 4 nitrogen and oxygen atoms in total. The first-order valence-corrected chi connectivity index (χ1v) is 7.32. The van der Waals surface area contributed by atoms with Gasteiger partial charge in [-0.15, -0.1) is 0 Å². The number of nitrogens with zero attached hydrogens (tertiary/aromatic N) is 1. The number of carbonyl (C=O) groups is 1. The third-order valence-electron chi connectivity index (χ3n) is 3.83. The van der Waals surface area contributed by atoms with Gasteiger partial charge in [-0.1, -0.05) is 60.7 Å². The van der Waals surface area contributed by atoms with E-state index in [0.29, 0.717) is 6.42 Å². The number of Topliss-reactive ketones (excluding diaryl/α,β-unsaturated/α-hetero) is 1. The van der Waals surface area contributed by atoms with Crippen LogP contribution >= 0.6 is 0 Å². The zero-order valence-corrected chi connectivity index (χ0v) is 12.5. The second-order valence-corrected chi connectivity index (χ2v) is 5.45. The Morgan fingerprint density at radius 2 is 1.59 bits per heavy atom. The molecule has 22 heavy (non-hydrogen) atoms. The normalized spacial score (nSPS) is 13.3. The Balaban J connectivity index is 2.13. The maximum Gasteiger partial charge on any atom is 0.217 e. The first-order chi connectivity index (χ1) is 10.6. The van der Waals surface area contributed by atoms with Gasteiger partial charge in [0.15, 0.2) is 0 Å². The first-order valence-electron chi connectivity index (χ1n) is 7.32. The fraction of sp³-hybridized carbons (Fsp3) is 0.278. The molecule has 0 saturated carbocycles. The highest BCUT2D eigenvalue weighted by molar-refractivity contribution is 5.81. The average molecular weight is 297 g/mol. The molecule has 0 amide bonds. The number of nitro groups is 1. The van der Waals surface area contributed by atoms with Crippen LogP contribution in [0.3, 0.4) is 0 Å². The number of hydrogen-bond donors (Lipinski definition) is 0. The number of carbonyl (C=O) groups excluding carboxylic acids is 1. The van der Waals surface area contributed by atoms with Gasteiger partial charge in [0, 0.05) is 24.7 Å². The molecule has 2 atom stereocenters. The monoisotopic (exact) mass is 297 g/mol. The fourth-order valence-electron chi connectivity index (χ4n) is 2.56. The molecule has 0 aromatic heterocycles. The number of hydrogen-bond acceptors (Lipinski definition) is 3. The van der Waals surface area contributed by atoms with Crippen LogP contribution in [0.15, 0.2) is 60.7 Å². The summed E-state index contributed by atoms with van der Waals surface area (Å²) in [6.07, 6.45) is 0.496. The highest BCUT2D eigenvalue weighted by Gasteiger charge is 2.30. The van der Waals surface area contributed by atoms with E-state index in [1.54, 1.807) is 6.92 Å². The van der Waals surface area contributed by atoms with Crippen LogP contribution in [0.1, 0.15) is 30.4 Å². The maximum absolute atomic E-state index is 12.3. The summed E-state index contributed by atoms with van der Waals surface area (Å²) in [7, 11) is 0. The van der Waals surface area contributed by atoms with Crippen molar-refractivity contribution in [3.63, 3.8) is 0 Å². The van der Waals surface area contributed by atoms with Crippen LogP contribution in [0.25, 0.3) is 0 Å². The molecule has 0 radical (unpaired) electrons. The lowest BCUT2D eigenvalue weighted by molar-refractivity contribution is -0.522. The van der Waals surface area contributed by atoms with Crippen LogP contribution in [-0.2, 0) is 11.2 Å². The lowest BCUT2D eigenvalue weighted by Crippen LogP contribution is -2.26. The van der Waals surface area contributed by atoms with Crippen LogP contribution in [0.5, 0.6) is 0 Å². The van der Waals surface area contributed by atoms with E-state index in [1.165, 1.54) is 0 Å². The summed E-state index contributed by atoms with van der Waals surface area (Å²) in [5, 5.41) is 11.1. The molecule has 2 rings (SSSR count). The maximum atomic E-state index is 12.3. The van der Waals surface area contributed by atoms with Gasteiger partial charge in [0.2, 0.25) is 6.04 Å². The van der Waals surface area contributed by atoms with E-state index in [4.69, 9.17) is 0 Å². The van der Waals surface area contributed by atoms with Gasteiger partial charge in [-0.25, -0.2) is 0 Å². The minimum absolute atomic E-state index is 0.0220. The molecule has 114 valence electrons. The molecule has 0 aliphatic carbocycles. The lowest BCUT2D eigenvalue weighted by atomic mass is 9.87. The molecule has 0 spiro atoms. The van der Waals surface area contributed by atoms with Crippen molar-refractivity contribution in [2.75, 3.05) is 0 Å². The second kappa shape index (κ2) is 7.50. The SMILES string of the molecule is CC(C(CC(=O)Cc1ccccc1)c1ccccc1)[N+](=O)[O-]. The predicted octanol–water partition coefficient (Wildman–Crippen LogP) is 3.64. The van der Waals surface area contributed by atoms with Gasteiger partial charge in [0.1, 0.15) is 5.78 Å². The van der Waals surface area contributed by atoms with E-state index in [-0.39, 0.29) is 17.1 Å². The number of rotatable bonds is 7. The summed E-state index contributed by atoms with van der Waals surface area (Å²) in [4.78, 5) is 23.1. The number of benzene rings is 2. The molecule has 0 aliphatic rings. The third-order valence-corrected chi connectivity index (χ3v) is 3.83. The number of ketones is 1. The zero-order valence-electron chi connectivity index (χ0n) is 12.5. The van der Waals surface area contributed by atoms with E-state index >= 15 is 0 Å². The van der Waals surface area contributed by atoms with Crippen LogP contribution in [0.2, 0.25) is 0 Å². The molecule has 4 heteroatoms. The van der Waals surface area contributed by atoms with Crippen molar-refractivity contribution in [3.8, 4) is 0 Å². The van der Waals surface area contributed by atoms with E-state index in [1.807, 2.05) is 60.7 Å². The van der Waals surface area contributed by atoms with Crippen LogP contribution in [0, 0.1) is 10.1 Å². The smallest absolute Gasteiger partial charge is 0.217 e. The van der Waals surface area contributed by atoms with E-state index in [9.17, 15) is 14.9 Å². The summed E-state index contributed by atoms with van der Waals surface area (Å²) in [5.74, 6) is -0.374. The first kappa shape index (κ1) is 15.9. The average Bonchev–Trinajstić information content (AvgIpc) is 2.53. The molecule has 0 heterocycles. The summed E-state index contributed by atoms with van der Waals surface area (Å²) >= 11 is 0. The van der Waals surface area contributed by atoms with Gasteiger partial charge in [0.05, 0.1) is 5.92 Å². The molecule has 0 bridgehead atoms. The highest BCUT2D eigenvalue weighted by Crippen LogP contribution is 2.26. The Bertz CT molecular complexity index is 625. The molecular weight excluding hydrogens is 278 g/mol. The Hall–Kier alpha value is -2.49. The van der Waals surface area contributed by atoms with Crippen molar-refractivity contribution in [2.24, 2.45) is 0 Å². The Kier molecular flexibility index (Phi) is 5.42. The van der Waals surface area contributed by atoms with Crippen molar-refractivity contribution in [2.45, 2.75) is 31.7 Å². The van der Waals surface area contributed by atoms with Crippen molar-refractivity contribution in [1.29, 1.82) is 0 Å². The minimum atomic E-state index is -0.790. The van der Waals surface area contributed by atoms with E-state index in [0.717, 1.165) is 11.1 Å². The molecule has 0 N–H and O–H groups in total. The molecule has 2 aromatic carbocycles. The van der Waals surface area contributed by atoms with Crippen molar-refractivity contribution in [1.82, 2.24) is 0 Å². The van der Waals surface area contributed by atoms with Gasteiger partial charge >= 0.3 is 0 Å². The van der Waals surface area contributed by atoms with Crippen LogP contribution in [0.4, 0.5) is 0 Å². The predicted molar refractivity (Wildman–Crippen MR) is 85.4 cm³/mol. The molecule has 0 fully saturated rings. The van der Waals surface area contributed by atoms with Crippen molar-refractivity contribution >= 4 is 5.78 Å². The standard InChI is InChI=1S/C18H19NO3/c1-14(19(21)22)18(16-10-6-3-7-11-16)13-17(20)12-15-8-4-2-5-9-15/h2-11,14,18H,12-13H2,1H3. The van der Waals surface area contributed by atoms with Crippen molar-refractivity contribution in [3.05, 3.63) is 81.9 Å². The summed E-state index contributed by atoms with van der Waals surface area (Å²) in [6.45, 7) is 1.56. The highest BCUT2D eigenvalue weighted by atomic mass is 16.6. The quantitative estimate of drug-likeness (QED) is 0.579. The Labute approximate surface area is 129 Å². The van der Waals surface area contributed by atoms with Gasteiger partial charge in [-0.2, -0.15) is 0 Å². The molecular formula is C18H19NO3. The lowest BCUT2D eigenvalue weighted by Gasteiger charge is -2.18. The summed E-state index contributed by atoms with van der Waals surface area (Å²) < 4.78 is 0. The minimum Gasteiger partial charge on any atom is -0.299 e. The molecule has 0 saturated heterocycles. The van der Waals surface area contributed by atoms with E-state index < -0.39 is 12.0 Å². The van der Waals surface area contributed by atoms with Gasteiger partial charge in [0.25, 0.3) is 0 Å². The van der Waals surface area contributed by atoms with Crippen molar-refractivity contribution < 1.29 is 9.72 Å². The van der Waals surface area contributed by atoms with Crippen LogP contribution < -0.4 is 0 Å². The van der Waals surface area contributed by atoms with Gasteiger partial charge in [-0.05, 0) is 11.1 Å². The summed E-state index contributed by atoms with van der Waals surface area (Å²) in [6, 6.07) is 17.9. The summed E-state index contributed by atoms with van der Waals surface area (Å²) in [5.41, 5.74) is 1.78. The van der Waals surface area contributed by atoms with Gasteiger partial charge in [-0.3, -0.25) is 14.9 Å². The Morgan fingerprint density at radius 1 is 1.05 bits per heavy atom. The molecule has 0 aliphatic heterocycles.